The van der Waals surface area contributed by atoms with Crippen LogP contribution in [0.15, 0.2) is 23.0 Å². The summed E-state index contributed by atoms with van der Waals surface area (Å²) in [6.45, 7) is 4.83. The maximum absolute atomic E-state index is 12.6. The third kappa shape index (κ3) is 3.80. The number of rotatable bonds is 4. The van der Waals surface area contributed by atoms with Crippen molar-refractivity contribution < 1.29 is 0 Å². The van der Waals surface area contributed by atoms with Gasteiger partial charge in [0.05, 0.1) is 16.6 Å². The standard InChI is InChI=1S/C16H20Cl2N4O.ClH/c1-2-21-15(11-6-4-8-19-9-11)20-22(16(21)23)10-12-5-3-7-13(17)14(12)18;/h3,5,7,11,19H,2,4,6,8-10H2,1H3;1H. The Hall–Kier alpha value is -1.01. The van der Waals surface area contributed by atoms with Gasteiger partial charge in [0.15, 0.2) is 0 Å². The normalized spacial score (nSPS) is 17.5. The van der Waals surface area contributed by atoms with Gasteiger partial charge in [-0.3, -0.25) is 4.57 Å². The minimum atomic E-state index is -0.0934. The maximum Gasteiger partial charge on any atom is 0.346 e. The second-order valence-corrected chi connectivity index (χ2v) is 6.58. The van der Waals surface area contributed by atoms with Crippen molar-refractivity contribution in [1.29, 1.82) is 0 Å². The van der Waals surface area contributed by atoms with E-state index in [1.165, 1.54) is 4.68 Å². The van der Waals surface area contributed by atoms with Crippen LogP contribution in [0.4, 0.5) is 0 Å². The summed E-state index contributed by atoms with van der Waals surface area (Å²) >= 11 is 12.3. The van der Waals surface area contributed by atoms with Crippen molar-refractivity contribution in [1.82, 2.24) is 19.7 Å². The average molecular weight is 392 g/mol. The van der Waals surface area contributed by atoms with E-state index in [0.717, 1.165) is 37.3 Å². The molecule has 132 valence electrons. The minimum absolute atomic E-state index is 0. The fourth-order valence-corrected chi connectivity index (χ4v) is 3.44. The summed E-state index contributed by atoms with van der Waals surface area (Å²) in [7, 11) is 0. The first-order chi connectivity index (χ1) is 11.1. The molecule has 1 saturated heterocycles. The lowest BCUT2D eigenvalue weighted by molar-refractivity contribution is 0.431. The van der Waals surface area contributed by atoms with E-state index >= 15 is 0 Å². The van der Waals surface area contributed by atoms with Gasteiger partial charge in [-0.1, -0.05) is 35.3 Å². The Labute approximate surface area is 157 Å². The van der Waals surface area contributed by atoms with E-state index in [4.69, 9.17) is 23.2 Å². The molecule has 1 fully saturated rings. The monoisotopic (exact) mass is 390 g/mol. The largest absolute Gasteiger partial charge is 0.346 e. The molecule has 0 bridgehead atoms. The number of piperidine rings is 1. The van der Waals surface area contributed by atoms with Gasteiger partial charge in [-0.2, -0.15) is 5.10 Å². The molecule has 1 aromatic heterocycles. The molecule has 3 rings (SSSR count). The number of benzene rings is 1. The Morgan fingerprint density at radius 2 is 2.17 bits per heavy atom. The average Bonchev–Trinajstić information content (AvgIpc) is 2.88. The highest BCUT2D eigenvalue weighted by Gasteiger charge is 2.23. The Morgan fingerprint density at radius 3 is 2.83 bits per heavy atom. The van der Waals surface area contributed by atoms with Gasteiger partial charge in [0.1, 0.15) is 5.82 Å². The summed E-state index contributed by atoms with van der Waals surface area (Å²) in [6.07, 6.45) is 2.16. The molecule has 8 heteroatoms. The lowest BCUT2D eigenvalue weighted by Gasteiger charge is -2.21. The molecule has 0 saturated carbocycles. The van der Waals surface area contributed by atoms with Crippen LogP contribution in [0.2, 0.25) is 10.0 Å². The van der Waals surface area contributed by atoms with Gasteiger partial charge in [-0.25, -0.2) is 9.48 Å². The van der Waals surface area contributed by atoms with Gasteiger partial charge < -0.3 is 5.32 Å². The van der Waals surface area contributed by atoms with E-state index in [1.54, 1.807) is 10.6 Å². The number of hydrogen-bond donors (Lipinski definition) is 1. The van der Waals surface area contributed by atoms with Crippen LogP contribution in [0.1, 0.15) is 37.1 Å². The highest BCUT2D eigenvalue weighted by atomic mass is 35.5. The summed E-state index contributed by atoms with van der Waals surface area (Å²) in [6, 6.07) is 5.44. The van der Waals surface area contributed by atoms with Crippen molar-refractivity contribution >= 4 is 35.6 Å². The molecule has 0 radical (unpaired) electrons. The molecule has 2 aromatic rings. The Kier molecular flexibility index (Phi) is 6.75. The van der Waals surface area contributed by atoms with Crippen LogP contribution in [0.5, 0.6) is 0 Å². The van der Waals surface area contributed by atoms with Crippen molar-refractivity contribution in [2.75, 3.05) is 13.1 Å². The SMILES string of the molecule is CCn1c(C2CCCNC2)nn(Cc2cccc(Cl)c2Cl)c1=O.Cl. The third-order valence-corrected chi connectivity index (χ3v) is 5.14. The molecular formula is C16H21Cl3N4O. The summed E-state index contributed by atoms with van der Waals surface area (Å²) in [5.74, 6) is 1.15. The molecule has 2 heterocycles. The van der Waals surface area contributed by atoms with Crippen molar-refractivity contribution in [3.8, 4) is 0 Å². The van der Waals surface area contributed by atoms with Gasteiger partial charge in [-0.15, -0.1) is 12.4 Å². The maximum atomic E-state index is 12.6. The number of nitrogens with zero attached hydrogens (tertiary/aromatic N) is 3. The molecule has 1 atom stereocenters. The van der Waals surface area contributed by atoms with Crippen LogP contribution in [-0.4, -0.2) is 27.4 Å². The molecule has 1 N–H and O–H groups in total. The summed E-state index contributed by atoms with van der Waals surface area (Å²) in [4.78, 5) is 12.6. The van der Waals surface area contributed by atoms with Crippen LogP contribution >= 0.6 is 35.6 Å². The third-order valence-electron chi connectivity index (χ3n) is 4.28. The zero-order valence-electron chi connectivity index (χ0n) is 13.5. The number of hydrogen-bond acceptors (Lipinski definition) is 3. The van der Waals surface area contributed by atoms with Crippen LogP contribution in [-0.2, 0) is 13.1 Å². The molecular weight excluding hydrogens is 371 g/mol. The van der Waals surface area contributed by atoms with E-state index in [2.05, 4.69) is 10.4 Å². The number of halogens is 3. The van der Waals surface area contributed by atoms with Crippen LogP contribution in [0.3, 0.4) is 0 Å². The Morgan fingerprint density at radius 1 is 1.38 bits per heavy atom. The first-order valence-electron chi connectivity index (χ1n) is 7.93. The quantitative estimate of drug-likeness (QED) is 0.870. The summed E-state index contributed by atoms with van der Waals surface area (Å²) < 4.78 is 3.25. The van der Waals surface area contributed by atoms with Gasteiger partial charge in [0, 0.05) is 19.0 Å². The lowest BCUT2D eigenvalue weighted by Crippen LogP contribution is -2.31. The molecule has 0 spiro atoms. The Bertz CT molecular complexity index is 750. The van der Waals surface area contributed by atoms with Crippen LogP contribution in [0, 0.1) is 0 Å². The molecule has 0 aliphatic carbocycles. The second kappa shape index (κ2) is 8.39. The van der Waals surface area contributed by atoms with Gasteiger partial charge in [0.25, 0.3) is 0 Å². The lowest BCUT2D eigenvalue weighted by atomic mass is 9.99. The predicted octanol–water partition coefficient (Wildman–Crippen LogP) is 3.31. The van der Waals surface area contributed by atoms with Gasteiger partial charge in [-0.05, 0) is 37.9 Å². The molecule has 1 unspecified atom stereocenters. The molecule has 1 aliphatic heterocycles. The fraction of sp³-hybridized carbons (Fsp3) is 0.500. The van der Waals surface area contributed by atoms with E-state index in [0.29, 0.717) is 23.1 Å². The van der Waals surface area contributed by atoms with Gasteiger partial charge >= 0.3 is 5.69 Å². The first-order valence-corrected chi connectivity index (χ1v) is 8.68. The van der Waals surface area contributed by atoms with Crippen LogP contribution in [0.25, 0.3) is 0 Å². The summed E-state index contributed by atoms with van der Waals surface area (Å²) in [5, 5.41) is 8.94. The zero-order chi connectivity index (χ0) is 16.4. The van der Waals surface area contributed by atoms with Crippen LogP contribution < -0.4 is 11.0 Å². The van der Waals surface area contributed by atoms with Crippen molar-refractivity contribution in [2.24, 2.45) is 0 Å². The zero-order valence-corrected chi connectivity index (χ0v) is 15.8. The summed E-state index contributed by atoms with van der Waals surface area (Å²) in [5.41, 5.74) is 0.708. The van der Waals surface area contributed by atoms with Crippen molar-refractivity contribution in [2.45, 2.75) is 38.8 Å². The van der Waals surface area contributed by atoms with Gasteiger partial charge in [0.2, 0.25) is 0 Å². The van der Waals surface area contributed by atoms with E-state index < -0.39 is 0 Å². The topological polar surface area (TPSA) is 51.9 Å². The highest BCUT2D eigenvalue weighted by Crippen LogP contribution is 2.26. The molecule has 24 heavy (non-hydrogen) atoms. The first kappa shape index (κ1) is 19.3. The molecule has 0 amide bonds. The number of aromatic nitrogens is 3. The minimum Gasteiger partial charge on any atom is -0.316 e. The molecule has 1 aliphatic rings. The predicted molar refractivity (Wildman–Crippen MR) is 99.8 cm³/mol. The number of nitrogens with one attached hydrogen (secondary N) is 1. The van der Waals surface area contributed by atoms with E-state index in [1.807, 2.05) is 19.1 Å². The highest BCUT2D eigenvalue weighted by molar-refractivity contribution is 6.42. The smallest absolute Gasteiger partial charge is 0.316 e. The Balaban J connectivity index is 0.00000208. The van der Waals surface area contributed by atoms with E-state index in [9.17, 15) is 4.79 Å². The molecule has 1 aromatic carbocycles. The van der Waals surface area contributed by atoms with Crippen molar-refractivity contribution in [3.05, 3.63) is 50.1 Å². The second-order valence-electron chi connectivity index (χ2n) is 5.80. The van der Waals surface area contributed by atoms with Crippen molar-refractivity contribution in [3.63, 3.8) is 0 Å². The molecule has 5 nitrogen and oxygen atoms in total. The van der Waals surface area contributed by atoms with E-state index in [-0.39, 0.29) is 24.0 Å². The fourth-order valence-electron chi connectivity index (χ4n) is 3.06.